The van der Waals surface area contributed by atoms with E-state index in [0.29, 0.717) is 17.2 Å². The fourth-order valence-electron chi connectivity index (χ4n) is 4.06. The lowest BCUT2D eigenvalue weighted by molar-refractivity contribution is 0.0925. The Morgan fingerprint density at radius 3 is 2.58 bits per heavy atom. The molecular weight excluding hydrogens is 436 g/mol. The Morgan fingerprint density at radius 1 is 1.16 bits per heavy atom. The third-order valence-corrected chi connectivity index (χ3v) is 7.68. The van der Waals surface area contributed by atoms with Gasteiger partial charge in [-0.2, -0.15) is 4.31 Å². The largest absolute Gasteiger partial charge is 0.377 e. The van der Waals surface area contributed by atoms with Gasteiger partial charge in [-0.25, -0.2) is 8.42 Å². The topological polar surface area (TPSA) is 79.5 Å². The first-order valence-electron chi connectivity index (χ1n) is 10.2. The molecule has 1 aliphatic rings. The molecule has 0 amide bonds. The number of aromatic amines is 1. The average molecular weight is 461 g/mol. The third kappa shape index (κ3) is 4.70. The first kappa shape index (κ1) is 22.0. The highest BCUT2D eigenvalue weighted by Crippen LogP contribution is 2.24. The number of benzene rings is 2. The van der Waals surface area contributed by atoms with Crippen LogP contribution in [0.3, 0.4) is 0 Å². The minimum atomic E-state index is -3.85. The molecule has 0 aliphatic carbocycles. The Labute approximate surface area is 186 Å². The van der Waals surface area contributed by atoms with Crippen LogP contribution in [0.1, 0.15) is 29.5 Å². The summed E-state index contributed by atoms with van der Waals surface area (Å²) in [7, 11) is -3.85. The number of halogens is 1. The normalized spacial score (nSPS) is 17.0. The zero-order valence-electron chi connectivity index (χ0n) is 17.5. The van der Waals surface area contributed by atoms with Crippen LogP contribution in [0.15, 0.2) is 52.2 Å². The number of aromatic nitrogens is 1. The second-order valence-corrected chi connectivity index (χ2v) is 10.4. The zero-order valence-corrected chi connectivity index (χ0v) is 19.1. The molecule has 0 spiro atoms. The molecule has 6 nitrogen and oxygen atoms in total. The van der Waals surface area contributed by atoms with Gasteiger partial charge in [-0.05, 0) is 74.0 Å². The molecule has 1 saturated heterocycles. The lowest BCUT2D eigenvalue weighted by atomic mass is 10.1. The van der Waals surface area contributed by atoms with Crippen molar-refractivity contribution in [1.29, 1.82) is 0 Å². The van der Waals surface area contributed by atoms with E-state index >= 15 is 0 Å². The van der Waals surface area contributed by atoms with Crippen LogP contribution in [-0.2, 0) is 21.3 Å². The van der Waals surface area contributed by atoms with Crippen molar-refractivity contribution in [3.8, 4) is 0 Å². The molecular formula is C23H25ClN2O4S. The zero-order chi connectivity index (χ0) is 22.2. The highest BCUT2D eigenvalue weighted by atomic mass is 35.5. The van der Waals surface area contributed by atoms with Gasteiger partial charge in [0.25, 0.3) is 5.56 Å². The lowest BCUT2D eigenvalue weighted by Crippen LogP contribution is -2.38. The highest BCUT2D eigenvalue weighted by Gasteiger charge is 2.30. The Hall–Kier alpha value is -2.19. The van der Waals surface area contributed by atoms with Gasteiger partial charge in [-0.15, -0.1) is 0 Å². The number of sulfonamides is 1. The highest BCUT2D eigenvalue weighted by molar-refractivity contribution is 7.89. The molecule has 8 heteroatoms. The van der Waals surface area contributed by atoms with Crippen LogP contribution in [0.25, 0.3) is 10.9 Å². The van der Waals surface area contributed by atoms with Crippen molar-refractivity contribution in [2.75, 3.05) is 13.2 Å². The van der Waals surface area contributed by atoms with Crippen molar-refractivity contribution in [3.05, 3.63) is 74.5 Å². The number of aryl methyl sites for hydroxylation is 2. The maximum Gasteiger partial charge on any atom is 0.252 e. The van der Waals surface area contributed by atoms with Gasteiger partial charge in [0.15, 0.2) is 0 Å². The molecule has 31 heavy (non-hydrogen) atoms. The molecule has 1 fully saturated rings. The molecule has 0 bridgehead atoms. The smallest absolute Gasteiger partial charge is 0.252 e. The number of nitrogens with zero attached hydrogens (tertiary/aromatic N) is 1. The van der Waals surface area contributed by atoms with Crippen LogP contribution in [0.2, 0.25) is 5.02 Å². The van der Waals surface area contributed by atoms with Gasteiger partial charge in [0.1, 0.15) is 0 Å². The van der Waals surface area contributed by atoms with Crippen LogP contribution in [0.4, 0.5) is 0 Å². The summed E-state index contributed by atoms with van der Waals surface area (Å²) in [6.07, 6.45) is 1.50. The summed E-state index contributed by atoms with van der Waals surface area (Å²) in [5.41, 5.74) is 2.93. The SMILES string of the molecule is Cc1cc(C)c2[nH]c(=O)c(CN(C[C@H]3CCCO3)S(=O)(=O)c3ccc(Cl)cc3)cc2c1. The Balaban J connectivity index is 1.74. The van der Waals surface area contributed by atoms with Gasteiger partial charge < -0.3 is 9.72 Å². The van der Waals surface area contributed by atoms with E-state index in [1.165, 1.54) is 16.4 Å². The van der Waals surface area contributed by atoms with Crippen molar-refractivity contribution < 1.29 is 13.2 Å². The number of pyridine rings is 1. The standard InChI is InChI=1S/C23H25ClN2O4S/c1-15-10-16(2)22-17(11-15)12-18(23(27)25-22)13-26(14-20-4-3-9-30-20)31(28,29)21-7-5-19(24)6-8-21/h5-8,10-12,20H,3-4,9,13-14H2,1-2H3,(H,25,27)/t20-/m1/s1. The Morgan fingerprint density at radius 2 is 1.90 bits per heavy atom. The molecule has 1 aromatic heterocycles. The van der Waals surface area contributed by atoms with Gasteiger partial charge in [-0.3, -0.25) is 4.79 Å². The number of nitrogens with one attached hydrogen (secondary N) is 1. The molecule has 0 unspecified atom stereocenters. The number of ether oxygens (including phenoxy) is 1. The maximum absolute atomic E-state index is 13.4. The molecule has 3 aromatic rings. The molecule has 1 N–H and O–H groups in total. The molecule has 2 aromatic carbocycles. The Kier molecular flexibility index (Phi) is 6.21. The summed E-state index contributed by atoms with van der Waals surface area (Å²) >= 11 is 5.94. The molecule has 1 aliphatic heterocycles. The number of rotatable bonds is 6. The summed E-state index contributed by atoms with van der Waals surface area (Å²) in [6, 6.07) is 11.8. The number of fused-ring (bicyclic) bond motifs is 1. The van der Waals surface area contributed by atoms with Crippen molar-refractivity contribution in [2.24, 2.45) is 0 Å². The first-order chi connectivity index (χ1) is 14.7. The van der Waals surface area contributed by atoms with E-state index in [0.717, 1.165) is 34.9 Å². The summed E-state index contributed by atoms with van der Waals surface area (Å²) in [6.45, 7) is 4.71. The van der Waals surface area contributed by atoms with E-state index in [2.05, 4.69) is 4.98 Å². The van der Waals surface area contributed by atoms with E-state index in [1.807, 2.05) is 26.0 Å². The van der Waals surface area contributed by atoms with Gasteiger partial charge in [0.05, 0.1) is 16.5 Å². The van der Waals surface area contributed by atoms with Gasteiger partial charge in [0.2, 0.25) is 10.0 Å². The average Bonchev–Trinajstić information content (AvgIpc) is 3.22. The van der Waals surface area contributed by atoms with Crippen LogP contribution in [0, 0.1) is 13.8 Å². The number of hydrogen-bond donors (Lipinski definition) is 1. The van der Waals surface area contributed by atoms with E-state index in [1.54, 1.807) is 18.2 Å². The fourth-order valence-corrected chi connectivity index (χ4v) is 5.63. The number of H-pyrrole nitrogens is 1. The van der Waals surface area contributed by atoms with E-state index in [4.69, 9.17) is 16.3 Å². The van der Waals surface area contributed by atoms with Crippen molar-refractivity contribution in [3.63, 3.8) is 0 Å². The van der Waals surface area contributed by atoms with E-state index in [9.17, 15) is 13.2 Å². The summed E-state index contributed by atoms with van der Waals surface area (Å²) < 4.78 is 33.9. The van der Waals surface area contributed by atoms with Gasteiger partial charge >= 0.3 is 0 Å². The lowest BCUT2D eigenvalue weighted by Gasteiger charge is -2.25. The third-order valence-electron chi connectivity index (χ3n) is 5.60. The van der Waals surface area contributed by atoms with Crippen molar-refractivity contribution >= 4 is 32.5 Å². The monoisotopic (exact) mass is 460 g/mol. The molecule has 0 radical (unpaired) electrons. The van der Waals surface area contributed by atoms with Gasteiger partial charge in [-0.1, -0.05) is 23.2 Å². The van der Waals surface area contributed by atoms with E-state index < -0.39 is 10.0 Å². The number of hydrogen-bond acceptors (Lipinski definition) is 4. The predicted molar refractivity (Wildman–Crippen MR) is 122 cm³/mol. The minimum absolute atomic E-state index is 0.0386. The van der Waals surface area contributed by atoms with Crippen molar-refractivity contribution in [1.82, 2.24) is 9.29 Å². The minimum Gasteiger partial charge on any atom is -0.377 e. The van der Waals surface area contributed by atoms with Crippen molar-refractivity contribution in [2.45, 2.75) is 44.2 Å². The van der Waals surface area contributed by atoms with E-state index in [-0.39, 0.29) is 29.6 Å². The first-order valence-corrected chi connectivity index (χ1v) is 12.1. The van der Waals surface area contributed by atoms with Crippen LogP contribution in [-0.4, -0.2) is 37.0 Å². The maximum atomic E-state index is 13.4. The summed E-state index contributed by atoms with van der Waals surface area (Å²) in [5.74, 6) is 0. The Bertz CT molecular complexity index is 1260. The molecule has 1 atom stereocenters. The molecule has 164 valence electrons. The molecule has 2 heterocycles. The summed E-state index contributed by atoms with van der Waals surface area (Å²) in [4.78, 5) is 15.9. The predicted octanol–water partition coefficient (Wildman–Crippen LogP) is 4.17. The quantitative estimate of drug-likeness (QED) is 0.598. The van der Waals surface area contributed by atoms with Crippen LogP contribution in [0.5, 0.6) is 0 Å². The molecule has 0 saturated carbocycles. The van der Waals surface area contributed by atoms with Crippen LogP contribution >= 0.6 is 11.6 Å². The van der Waals surface area contributed by atoms with Gasteiger partial charge in [0, 0.05) is 30.3 Å². The second kappa shape index (κ2) is 8.74. The van der Waals surface area contributed by atoms with Crippen LogP contribution < -0.4 is 5.56 Å². The fraction of sp³-hybridized carbons (Fsp3) is 0.348. The second-order valence-electron chi connectivity index (χ2n) is 8.06. The summed E-state index contributed by atoms with van der Waals surface area (Å²) in [5, 5.41) is 1.34. The molecule has 4 rings (SSSR count).